The first-order valence-corrected chi connectivity index (χ1v) is 8.06. The Hall–Kier alpha value is -1.33. The van der Waals surface area contributed by atoms with Crippen molar-refractivity contribution in [2.24, 2.45) is 0 Å². The van der Waals surface area contributed by atoms with Crippen molar-refractivity contribution in [3.63, 3.8) is 0 Å². The molecule has 0 radical (unpaired) electrons. The summed E-state index contributed by atoms with van der Waals surface area (Å²) in [5, 5.41) is 7.23. The van der Waals surface area contributed by atoms with Crippen molar-refractivity contribution >= 4 is 17.3 Å². The summed E-state index contributed by atoms with van der Waals surface area (Å²) in [6.07, 6.45) is 3.86. The molecule has 0 amide bonds. The molecule has 5 heteroatoms. The molecule has 0 unspecified atom stereocenters. The highest BCUT2D eigenvalue weighted by Gasteiger charge is 2.10. The van der Waals surface area contributed by atoms with Crippen molar-refractivity contribution < 1.29 is 4.74 Å². The Morgan fingerprint density at radius 1 is 1.19 bits per heavy atom. The van der Waals surface area contributed by atoms with Crippen LogP contribution in [0.2, 0.25) is 0 Å². The van der Waals surface area contributed by atoms with Crippen LogP contribution in [-0.4, -0.2) is 43.3 Å². The summed E-state index contributed by atoms with van der Waals surface area (Å²) < 4.78 is 5.14. The molecule has 1 aliphatic rings. The van der Waals surface area contributed by atoms with Crippen LogP contribution >= 0.6 is 12.2 Å². The van der Waals surface area contributed by atoms with Crippen LogP contribution < -0.4 is 15.4 Å². The molecule has 1 saturated heterocycles. The van der Waals surface area contributed by atoms with Crippen LogP contribution in [0.1, 0.15) is 24.8 Å². The molecule has 1 aliphatic heterocycles. The highest BCUT2D eigenvalue weighted by Crippen LogP contribution is 2.10. The lowest BCUT2D eigenvalue weighted by molar-refractivity contribution is 0.334. The number of benzene rings is 1. The number of rotatable bonds is 7. The van der Waals surface area contributed by atoms with E-state index >= 15 is 0 Å². The average molecular weight is 307 g/mol. The molecule has 4 nitrogen and oxygen atoms in total. The van der Waals surface area contributed by atoms with Crippen LogP contribution in [0.3, 0.4) is 0 Å². The number of nitrogens with zero attached hydrogens (tertiary/aromatic N) is 1. The zero-order valence-electron chi connectivity index (χ0n) is 12.7. The van der Waals surface area contributed by atoms with Crippen LogP contribution in [0, 0.1) is 0 Å². The Kier molecular flexibility index (Phi) is 6.76. The van der Waals surface area contributed by atoms with Crippen LogP contribution in [0.25, 0.3) is 0 Å². The minimum absolute atomic E-state index is 0.729. The Morgan fingerprint density at radius 3 is 2.57 bits per heavy atom. The first-order chi connectivity index (χ1) is 10.3. The van der Waals surface area contributed by atoms with Gasteiger partial charge in [0, 0.05) is 13.1 Å². The highest BCUT2D eigenvalue weighted by molar-refractivity contribution is 7.80. The first kappa shape index (κ1) is 16.0. The summed E-state index contributed by atoms with van der Waals surface area (Å²) in [6.45, 7) is 5.38. The fraction of sp³-hybridized carbons (Fsp3) is 0.562. The molecule has 0 bridgehead atoms. The topological polar surface area (TPSA) is 36.5 Å². The Bertz CT molecular complexity index is 430. The van der Waals surface area contributed by atoms with Crippen molar-refractivity contribution in [2.45, 2.75) is 25.8 Å². The minimum atomic E-state index is 0.729. The maximum Gasteiger partial charge on any atom is 0.166 e. The van der Waals surface area contributed by atoms with E-state index in [1.807, 2.05) is 24.3 Å². The molecule has 1 aromatic carbocycles. The van der Waals surface area contributed by atoms with Crippen LogP contribution in [-0.2, 0) is 6.54 Å². The molecule has 2 N–H and O–H groups in total. The molecule has 1 fully saturated rings. The van der Waals surface area contributed by atoms with E-state index in [4.69, 9.17) is 17.0 Å². The van der Waals surface area contributed by atoms with Gasteiger partial charge < -0.3 is 20.3 Å². The zero-order valence-corrected chi connectivity index (χ0v) is 13.5. The van der Waals surface area contributed by atoms with E-state index in [0.717, 1.165) is 30.4 Å². The number of methoxy groups -OCH3 is 1. The van der Waals surface area contributed by atoms with E-state index in [-0.39, 0.29) is 0 Å². The van der Waals surface area contributed by atoms with Crippen LogP contribution in [0.5, 0.6) is 5.75 Å². The van der Waals surface area contributed by atoms with Crippen LogP contribution in [0.4, 0.5) is 0 Å². The second-order valence-corrected chi connectivity index (χ2v) is 5.77. The minimum Gasteiger partial charge on any atom is -0.497 e. The van der Waals surface area contributed by atoms with Crippen molar-refractivity contribution in [3.8, 4) is 5.75 Å². The molecule has 0 aromatic heterocycles. The monoisotopic (exact) mass is 307 g/mol. The normalized spacial score (nSPS) is 14.9. The van der Waals surface area contributed by atoms with Gasteiger partial charge in [-0.05, 0) is 68.8 Å². The molecule has 1 heterocycles. The van der Waals surface area contributed by atoms with E-state index in [1.165, 1.54) is 38.0 Å². The number of ether oxygens (including phenoxy) is 1. The van der Waals surface area contributed by atoms with Crippen LogP contribution in [0.15, 0.2) is 24.3 Å². The van der Waals surface area contributed by atoms with E-state index in [1.54, 1.807) is 7.11 Å². The number of hydrogen-bond donors (Lipinski definition) is 2. The summed E-state index contributed by atoms with van der Waals surface area (Å²) in [6, 6.07) is 8.01. The Labute approximate surface area is 132 Å². The second-order valence-electron chi connectivity index (χ2n) is 5.36. The van der Waals surface area contributed by atoms with Gasteiger partial charge in [-0.1, -0.05) is 12.1 Å². The van der Waals surface area contributed by atoms with Gasteiger partial charge in [0.1, 0.15) is 5.75 Å². The van der Waals surface area contributed by atoms with Crippen molar-refractivity contribution in [1.82, 2.24) is 15.5 Å². The third kappa shape index (κ3) is 5.89. The third-order valence-electron chi connectivity index (χ3n) is 3.75. The predicted molar refractivity (Wildman–Crippen MR) is 90.7 cm³/mol. The molecule has 0 aliphatic carbocycles. The van der Waals surface area contributed by atoms with Gasteiger partial charge in [-0.15, -0.1) is 0 Å². The molecule has 0 spiro atoms. The van der Waals surface area contributed by atoms with Crippen molar-refractivity contribution in [1.29, 1.82) is 0 Å². The standard InChI is InChI=1S/C16H25N3OS/c1-20-15-7-5-14(6-8-15)13-18-16(21)17-9-4-12-19-10-2-3-11-19/h5-8H,2-4,9-13H2,1H3,(H2,17,18,21). The summed E-state index contributed by atoms with van der Waals surface area (Å²) >= 11 is 5.29. The smallest absolute Gasteiger partial charge is 0.166 e. The fourth-order valence-electron chi connectivity index (χ4n) is 2.50. The third-order valence-corrected chi connectivity index (χ3v) is 4.04. The van der Waals surface area contributed by atoms with Crippen molar-refractivity contribution in [2.75, 3.05) is 33.3 Å². The number of thiocarbonyl (C=S) groups is 1. The molecule has 116 valence electrons. The predicted octanol–water partition coefficient (Wildman–Crippen LogP) is 2.15. The lowest BCUT2D eigenvalue weighted by atomic mass is 10.2. The number of nitrogens with one attached hydrogen (secondary N) is 2. The molecule has 21 heavy (non-hydrogen) atoms. The van der Waals surface area contributed by atoms with Gasteiger partial charge >= 0.3 is 0 Å². The Balaban J connectivity index is 1.56. The summed E-state index contributed by atoms with van der Waals surface area (Å²) in [7, 11) is 1.68. The van der Waals surface area contributed by atoms with E-state index in [9.17, 15) is 0 Å². The zero-order chi connectivity index (χ0) is 14.9. The van der Waals surface area contributed by atoms with Crippen molar-refractivity contribution in [3.05, 3.63) is 29.8 Å². The Morgan fingerprint density at radius 2 is 1.90 bits per heavy atom. The van der Waals surface area contributed by atoms with Gasteiger partial charge in [-0.3, -0.25) is 0 Å². The van der Waals surface area contributed by atoms with E-state index < -0.39 is 0 Å². The molecular weight excluding hydrogens is 282 g/mol. The fourth-order valence-corrected chi connectivity index (χ4v) is 2.67. The molecule has 2 rings (SSSR count). The first-order valence-electron chi connectivity index (χ1n) is 7.65. The molecule has 0 saturated carbocycles. The summed E-state index contributed by atoms with van der Waals surface area (Å²) in [5.41, 5.74) is 1.19. The maximum absolute atomic E-state index is 5.29. The van der Waals surface area contributed by atoms with E-state index in [0.29, 0.717) is 0 Å². The van der Waals surface area contributed by atoms with Gasteiger partial charge in [0.2, 0.25) is 0 Å². The van der Waals surface area contributed by atoms with Gasteiger partial charge in [-0.2, -0.15) is 0 Å². The average Bonchev–Trinajstić information content (AvgIpc) is 3.03. The van der Waals surface area contributed by atoms with Gasteiger partial charge in [0.25, 0.3) is 0 Å². The number of hydrogen-bond acceptors (Lipinski definition) is 3. The quantitative estimate of drug-likeness (QED) is 0.596. The summed E-state index contributed by atoms with van der Waals surface area (Å²) in [5.74, 6) is 0.876. The lowest BCUT2D eigenvalue weighted by Crippen LogP contribution is -2.36. The largest absolute Gasteiger partial charge is 0.497 e. The van der Waals surface area contributed by atoms with E-state index in [2.05, 4.69) is 15.5 Å². The lowest BCUT2D eigenvalue weighted by Gasteiger charge is -2.15. The highest BCUT2D eigenvalue weighted by atomic mass is 32.1. The molecule has 1 aromatic rings. The number of likely N-dealkylation sites (tertiary alicyclic amines) is 1. The van der Waals surface area contributed by atoms with Gasteiger partial charge in [0.15, 0.2) is 5.11 Å². The second kappa shape index (κ2) is 8.85. The van der Waals surface area contributed by atoms with Gasteiger partial charge in [0.05, 0.1) is 7.11 Å². The molecular formula is C16H25N3OS. The summed E-state index contributed by atoms with van der Waals surface area (Å²) in [4.78, 5) is 2.52. The van der Waals surface area contributed by atoms with Gasteiger partial charge in [-0.25, -0.2) is 0 Å². The maximum atomic E-state index is 5.29. The SMILES string of the molecule is COc1ccc(CNC(=S)NCCCN2CCCC2)cc1. The molecule has 0 atom stereocenters.